The summed E-state index contributed by atoms with van der Waals surface area (Å²) < 4.78 is 6.72. The van der Waals surface area contributed by atoms with Gasteiger partial charge in [0, 0.05) is 17.0 Å². The second-order valence-electron chi connectivity index (χ2n) is 4.44. The predicted octanol–water partition coefficient (Wildman–Crippen LogP) is 2.94. The highest BCUT2D eigenvalue weighted by Gasteiger charge is 2.01. The Morgan fingerprint density at radius 2 is 2.30 bits per heavy atom. The first kappa shape index (κ1) is 15.4. The topological polar surface area (TPSA) is 38.3 Å². The number of carbonyl (C=O) groups is 1. The summed E-state index contributed by atoms with van der Waals surface area (Å²) in [5.41, 5.74) is 1.25. The molecular weight excluding hydrogens is 290 g/mol. The predicted molar refractivity (Wildman–Crippen MR) is 87.7 cm³/mol. The molecule has 1 aromatic carbocycles. The van der Waals surface area contributed by atoms with Gasteiger partial charge in [0.05, 0.1) is 6.61 Å². The number of amides is 1. The van der Waals surface area contributed by atoms with E-state index in [2.05, 4.69) is 35.0 Å². The monoisotopic (exact) mass is 309 g/mol. The molecule has 0 saturated heterocycles. The molecule has 0 aliphatic heterocycles. The largest absolute Gasteiger partial charge is 0.371 e. The second-order valence-corrected chi connectivity index (χ2v) is 6.37. The van der Waals surface area contributed by atoms with Crippen molar-refractivity contribution in [2.45, 2.75) is 6.42 Å². The number of ether oxygens (including phenoxy) is 1. The molecule has 0 bridgehead atoms. The molecule has 2 aromatic rings. The van der Waals surface area contributed by atoms with Crippen molar-refractivity contribution < 1.29 is 9.53 Å². The molecule has 1 heterocycles. The third-order valence-corrected chi connectivity index (χ3v) is 4.42. The van der Waals surface area contributed by atoms with Crippen molar-refractivity contribution in [2.24, 2.45) is 0 Å². The first-order valence-electron chi connectivity index (χ1n) is 6.59. The van der Waals surface area contributed by atoms with E-state index in [9.17, 15) is 4.79 Å². The maximum atomic E-state index is 11.4. The number of nitrogens with one attached hydrogen (secondary N) is 1. The van der Waals surface area contributed by atoms with E-state index in [-0.39, 0.29) is 12.5 Å². The van der Waals surface area contributed by atoms with Gasteiger partial charge in [0.25, 0.3) is 0 Å². The van der Waals surface area contributed by atoms with E-state index in [1.807, 2.05) is 6.26 Å². The van der Waals surface area contributed by atoms with Crippen LogP contribution in [0.25, 0.3) is 10.1 Å². The molecule has 5 heteroatoms. The number of hydrogen-bond acceptors (Lipinski definition) is 4. The Morgan fingerprint density at radius 3 is 3.15 bits per heavy atom. The zero-order valence-electron chi connectivity index (χ0n) is 11.6. The maximum absolute atomic E-state index is 11.4. The summed E-state index contributed by atoms with van der Waals surface area (Å²) in [6, 6.07) is 8.59. The summed E-state index contributed by atoms with van der Waals surface area (Å²) in [6.07, 6.45) is 2.86. The van der Waals surface area contributed by atoms with Crippen molar-refractivity contribution in [3.05, 3.63) is 35.2 Å². The van der Waals surface area contributed by atoms with Gasteiger partial charge in [-0.15, -0.1) is 11.3 Å². The molecule has 0 aliphatic rings. The average Bonchev–Trinajstić information content (AvgIpc) is 2.91. The van der Waals surface area contributed by atoms with Crippen LogP contribution in [0, 0.1) is 0 Å². The fourth-order valence-corrected chi connectivity index (χ4v) is 2.95. The summed E-state index contributed by atoms with van der Waals surface area (Å²) in [4.78, 5) is 11.4. The van der Waals surface area contributed by atoms with Crippen LogP contribution in [-0.4, -0.2) is 37.7 Å². The first-order valence-corrected chi connectivity index (χ1v) is 8.86. The SMILES string of the molecule is CSCCNC(=O)COCCc1ccc2sccc2c1. The summed E-state index contributed by atoms with van der Waals surface area (Å²) in [7, 11) is 0. The highest BCUT2D eigenvalue weighted by molar-refractivity contribution is 7.98. The Morgan fingerprint density at radius 1 is 1.40 bits per heavy atom. The molecule has 1 amide bonds. The fraction of sp³-hybridized carbons (Fsp3) is 0.400. The van der Waals surface area contributed by atoms with Crippen LogP contribution in [0.3, 0.4) is 0 Å². The smallest absolute Gasteiger partial charge is 0.246 e. The van der Waals surface area contributed by atoms with Gasteiger partial charge in [-0.1, -0.05) is 12.1 Å². The summed E-state index contributed by atoms with van der Waals surface area (Å²) >= 11 is 3.47. The van der Waals surface area contributed by atoms with E-state index in [0.29, 0.717) is 13.2 Å². The van der Waals surface area contributed by atoms with Crippen LogP contribution in [0.15, 0.2) is 29.6 Å². The quantitative estimate of drug-likeness (QED) is 0.762. The Labute approximate surface area is 127 Å². The molecular formula is C15H19NO2S2. The number of hydrogen-bond donors (Lipinski definition) is 1. The van der Waals surface area contributed by atoms with Crippen LogP contribution in [0.2, 0.25) is 0 Å². The zero-order chi connectivity index (χ0) is 14.2. The van der Waals surface area contributed by atoms with E-state index < -0.39 is 0 Å². The zero-order valence-corrected chi connectivity index (χ0v) is 13.2. The van der Waals surface area contributed by atoms with Crippen molar-refractivity contribution in [2.75, 3.05) is 31.8 Å². The molecule has 0 radical (unpaired) electrons. The first-order chi connectivity index (χ1) is 9.79. The number of carbonyl (C=O) groups excluding carboxylic acids is 1. The highest BCUT2D eigenvalue weighted by Crippen LogP contribution is 2.21. The lowest BCUT2D eigenvalue weighted by molar-refractivity contribution is -0.125. The Hall–Kier alpha value is -1.04. The van der Waals surface area contributed by atoms with Crippen LogP contribution in [0.4, 0.5) is 0 Å². The number of thioether (sulfide) groups is 1. The van der Waals surface area contributed by atoms with Crippen LogP contribution in [0.5, 0.6) is 0 Å². The van der Waals surface area contributed by atoms with Crippen molar-refractivity contribution in [1.29, 1.82) is 0 Å². The molecule has 0 atom stereocenters. The fourth-order valence-electron chi connectivity index (χ4n) is 1.87. The number of rotatable bonds is 8. The van der Waals surface area contributed by atoms with Crippen LogP contribution >= 0.6 is 23.1 Å². The number of fused-ring (bicyclic) bond motifs is 1. The molecule has 0 spiro atoms. The Kier molecular flexibility index (Phi) is 6.36. The molecule has 3 nitrogen and oxygen atoms in total. The molecule has 0 unspecified atom stereocenters. The van der Waals surface area contributed by atoms with Gasteiger partial charge in [-0.05, 0) is 41.1 Å². The standard InChI is InChI=1S/C15H19NO2S2/c1-19-9-6-16-15(17)11-18-7-4-12-2-3-14-13(10-12)5-8-20-14/h2-3,5,8,10H,4,6-7,9,11H2,1H3,(H,16,17). The van der Waals surface area contributed by atoms with Gasteiger partial charge in [0.15, 0.2) is 0 Å². The van der Waals surface area contributed by atoms with Gasteiger partial charge in [-0.3, -0.25) is 4.79 Å². The van der Waals surface area contributed by atoms with E-state index in [1.54, 1.807) is 23.1 Å². The number of thiophene rings is 1. The summed E-state index contributed by atoms with van der Waals surface area (Å²) in [5.74, 6) is 0.902. The van der Waals surface area contributed by atoms with Gasteiger partial charge in [0.2, 0.25) is 5.91 Å². The third kappa shape index (κ3) is 4.81. The highest BCUT2D eigenvalue weighted by atomic mass is 32.2. The molecule has 1 N–H and O–H groups in total. The molecule has 0 fully saturated rings. The Bertz CT molecular complexity index is 554. The average molecular weight is 309 g/mol. The second kappa shape index (κ2) is 8.29. The molecule has 0 saturated carbocycles. The van der Waals surface area contributed by atoms with Crippen LogP contribution in [0.1, 0.15) is 5.56 Å². The van der Waals surface area contributed by atoms with E-state index in [0.717, 1.165) is 12.2 Å². The van der Waals surface area contributed by atoms with Crippen molar-refractivity contribution in [1.82, 2.24) is 5.32 Å². The number of benzene rings is 1. The van der Waals surface area contributed by atoms with E-state index in [4.69, 9.17) is 4.74 Å². The minimum atomic E-state index is -0.0349. The third-order valence-electron chi connectivity index (χ3n) is 2.91. The summed E-state index contributed by atoms with van der Waals surface area (Å²) in [5, 5.41) is 6.20. The minimum absolute atomic E-state index is 0.0349. The lowest BCUT2D eigenvalue weighted by Crippen LogP contribution is -2.29. The normalized spacial score (nSPS) is 10.8. The Balaban J connectivity index is 1.66. The van der Waals surface area contributed by atoms with Gasteiger partial charge < -0.3 is 10.1 Å². The minimum Gasteiger partial charge on any atom is -0.371 e. The van der Waals surface area contributed by atoms with Crippen molar-refractivity contribution in [3.8, 4) is 0 Å². The molecule has 2 rings (SSSR count). The molecule has 20 heavy (non-hydrogen) atoms. The maximum Gasteiger partial charge on any atom is 0.246 e. The molecule has 108 valence electrons. The van der Waals surface area contributed by atoms with Crippen LogP contribution < -0.4 is 5.32 Å². The van der Waals surface area contributed by atoms with Gasteiger partial charge in [-0.25, -0.2) is 0 Å². The molecule has 0 aliphatic carbocycles. The summed E-state index contributed by atoms with van der Waals surface area (Å²) in [6.45, 7) is 1.43. The van der Waals surface area contributed by atoms with Gasteiger partial charge >= 0.3 is 0 Å². The van der Waals surface area contributed by atoms with E-state index in [1.165, 1.54) is 15.6 Å². The van der Waals surface area contributed by atoms with Crippen molar-refractivity contribution in [3.63, 3.8) is 0 Å². The van der Waals surface area contributed by atoms with E-state index >= 15 is 0 Å². The van der Waals surface area contributed by atoms with Crippen LogP contribution in [-0.2, 0) is 16.0 Å². The lowest BCUT2D eigenvalue weighted by atomic mass is 10.1. The van der Waals surface area contributed by atoms with Crippen molar-refractivity contribution >= 4 is 39.1 Å². The van der Waals surface area contributed by atoms with Gasteiger partial charge in [0.1, 0.15) is 6.61 Å². The molecule has 1 aromatic heterocycles. The van der Waals surface area contributed by atoms with Gasteiger partial charge in [-0.2, -0.15) is 11.8 Å². The lowest BCUT2D eigenvalue weighted by Gasteiger charge is -2.06.